The zero-order chi connectivity index (χ0) is 10.8. The molecule has 0 aliphatic carbocycles. The Morgan fingerprint density at radius 2 is 2.27 bits per heavy atom. The Morgan fingerprint density at radius 3 is 2.80 bits per heavy atom. The van der Waals surface area contributed by atoms with Crippen LogP contribution in [0.1, 0.15) is 5.56 Å². The Kier molecular flexibility index (Phi) is 2.40. The summed E-state index contributed by atoms with van der Waals surface area (Å²) in [6.45, 7) is 0.386. The molecule has 0 bridgehead atoms. The molecule has 2 rings (SSSR count). The lowest BCUT2D eigenvalue weighted by Gasteiger charge is -2.00. The molecule has 0 saturated carbocycles. The third-order valence-corrected chi connectivity index (χ3v) is 2.11. The molecule has 5 nitrogen and oxygen atoms in total. The Bertz CT molecular complexity index is 459. The second-order valence-corrected chi connectivity index (χ2v) is 3.31. The zero-order valence-corrected chi connectivity index (χ0v) is 8.61. The average molecular weight is 209 g/mol. The van der Waals surface area contributed by atoms with Gasteiger partial charge in [-0.2, -0.15) is 14.6 Å². The van der Waals surface area contributed by atoms with Gasteiger partial charge in [-0.05, 0) is 0 Å². The van der Waals surface area contributed by atoms with E-state index in [4.69, 9.17) is 0 Å². The molecule has 0 aliphatic rings. The molecule has 6 heteroatoms. The fourth-order valence-electron chi connectivity index (χ4n) is 1.28. The second kappa shape index (κ2) is 3.72. The minimum absolute atomic E-state index is 0.321. The van der Waals surface area contributed by atoms with Gasteiger partial charge in [0.2, 0.25) is 5.95 Å². The van der Waals surface area contributed by atoms with Crippen molar-refractivity contribution in [1.82, 2.24) is 19.6 Å². The van der Waals surface area contributed by atoms with Crippen molar-refractivity contribution in [2.75, 3.05) is 5.32 Å². The smallest absolute Gasteiger partial charge is 0.216 e. The number of rotatable bonds is 3. The summed E-state index contributed by atoms with van der Waals surface area (Å²) in [5.74, 6) is 0.402. The van der Waals surface area contributed by atoms with Crippen LogP contribution >= 0.6 is 0 Å². The van der Waals surface area contributed by atoms with E-state index in [0.29, 0.717) is 12.1 Å². The number of aromatic nitrogens is 4. The van der Waals surface area contributed by atoms with Crippen molar-refractivity contribution in [1.29, 1.82) is 0 Å². The molecule has 0 spiro atoms. The first-order valence-corrected chi connectivity index (χ1v) is 4.56. The molecule has 2 aromatic heterocycles. The lowest BCUT2D eigenvalue weighted by molar-refractivity contribution is 0.496. The average Bonchev–Trinajstić information content (AvgIpc) is 2.74. The Hall–Kier alpha value is -1.85. The van der Waals surface area contributed by atoms with E-state index in [1.54, 1.807) is 11.7 Å². The van der Waals surface area contributed by atoms with Gasteiger partial charge >= 0.3 is 0 Å². The summed E-state index contributed by atoms with van der Waals surface area (Å²) in [5.41, 5.74) is 0.531. The summed E-state index contributed by atoms with van der Waals surface area (Å²) in [5, 5.41) is 10.9. The highest BCUT2D eigenvalue weighted by Gasteiger charge is 2.07. The second-order valence-electron chi connectivity index (χ2n) is 3.31. The first kappa shape index (κ1) is 9.70. The zero-order valence-electron chi connectivity index (χ0n) is 8.61. The number of halogens is 1. The molecule has 2 aromatic rings. The van der Waals surface area contributed by atoms with Crippen molar-refractivity contribution in [3.8, 4) is 0 Å². The number of aryl methyl sites for hydroxylation is 2. The number of hydrogen-bond donors (Lipinski definition) is 1. The maximum Gasteiger partial charge on any atom is 0.216 e. The summed E-state index contributed by atoms with van der Waals surface area (Å²) < 4.78 is 16.2. The van der Waals surface area contributed by atoms with Gasteiger partial charge in [0.15, 0.2) is 0 Å². The third-order valence-electron chi connectivity index (χ3n) is 2.11. The van der Waals surface area contributed by atoms with E-state index in [1.165, 1.54) is 10.9 Å². The number of anilines is 1. The molecule has 1 N–H and O–H groups in total. The maximum atomic E-state index is 13.3. The molecule has 0 aliphatic heterocycles. The number of nitrogens with one attached hydrogen (secondary N) is 1. The highest BCUT2D eigenvalue weighted by Crippen LogP contribution is 2.08. The largest absolute Gasteiger partial charge is 0.364 e. The highest BCUT2D eigenvalue weighted by molar-refractivity contribution is 5.33. The van der Waals surface area contributed by atoms with Gasteiger partial charge in [0.05, 0.1) is 6.20 Å². The van der Waals surface area contributed by atoms with E-state index in [1.807, 2.05) is 19.3 Å². The predicted octanol–water partition coefficient (Wildman–Crippen LogP) is 0.905. The van der Waals surface area contributed by atoms with Crippen molar-refractivity contribution in [3.05, 3.63) is 30.0 Å². The van der Waals surface area contributed by atoms with E-state index in [9.17, 15) is 4.39 Å². The molecular weight excluding hydrogens is 197 g/mol. The summed E-state index contributed by atoms with van der Waals surface area (Å²) in [6.07, 6.45) is 3.33. The minimum atomic E-state index is -0.321. The lowest BCUT2D eigenvalue weighted by atomic mass is 10.3. The van der Waals surface area contributed by atoms with Gasteiger partial charge in [-0.1, -0.05) is 0 Å². The van der Waals surface area contributed by atoms with Crippen molar-refractivity contribution < 1.29 is 4.39 Å². The number of hydrogen-bond acceptors (Lipinski definition) is 3. The molecule has 0 saturated heterocycles. The monoisotopic (exact) mass is 209 g/mol. The van der Waals surface area contributed by atoms with Gasteiger partial charge < -0.3 is 5.32 Å². The lowest BCUT2D eigenvalue weighted by Crippen LogP contribution is -2.03. The summed E-state index contributed by atoms with van der Waals surface area (Å²) in [6, 6.07) is 1.83. The minimum Gasteiger partial charge on any atom is -0.364 e. The van der Waals surface area contributed by atoms with Gasteiger partial charge in [0.25, 0.3) is 0 Å². The van der Waals surface area contributed by atoms with E-state index in [0.717, 1.165) is 5.82 Å². The van der Waals surface area contributed by atoms with E-state index >= 15 is 0 Å². The first-order valence-electron chi connectivity index (χ1n) is 4.56. The predicted molar refractivity (Wildman–Crippen MR) is 53.7 cm³/mol. The van der Waals surface area contributed by atoms with Crippen LogP contribution in [0.25, 0.3) is 0 Å². The first-order chi connectivity index (χ1) is 7.16. The molecule has 0 atom stereocenters. The topological polar surface area (TPSA) is 47.7 Å². The van der Waals surface area contributed by atoms with Crippen LogP contribution in [0.3, 0.4) is 0 Å². The van der Waals surface area contributed by atoms with Crippen LogP contribution in [-0.2, 0) is 20.6 Å². The van der Waals surface area contributed by atoms with Gasteiger partial charge in [-0.15, -0.1) is 0 Å². The highest BCUT2D eigenvalue weighted by atomic mass is 19.1. The maximum absolute atomic E-state index is 13.3. The Labute approximate surface area is 86.5 Å². The van der Waals surface area contributed by atoms with Gasteiger partial charge in [0, 0.05) is 38.5 Å². The summed E-state index contributed by atoms with van der Waals surface area (Å²) >= 11 is 0. The molecule has 0 fully saturated rings. The van der Waals surface area contributed by atoms with Crippen LogP contribution < -0.4 is 5.32 Å². The molecule has 80 valence electrons. The molecule has 2 heterocycles. The van der Waals surface area contributed by atoms with Gasteiger partial charge in [0.1, 0.15) is 5.82 Å². The summed E-state index contributed by atoms with van der Waals surface area (Å²) in [7, 11) is 3.40. The molecule has 0 unspecified atom stereocenters. The van der Waals surface area contributed by atoms with Crippen LogP contribution in [0.2, 0.25) is 0 Å². The normalized spacial score (nSPS) is 10.6. The van der Waals surface area contributed by atoms with Crippen LogP contribution in [-0.4, -0.2) is 19.6 Å². The van der Waals surface area contributed by atoms with Crippen molar-refractivity contribution >= 4 is 5.82 Å². The third kappa shape index (κ3) is 1.98. The molecule has 0 aromatic carbocycles. The molecule has 15 heavy (non-hydrogen) atoms. The van der Waals surface area contributed by atoms with Gasteiger partial charge in [-0.25, -0.2) is 4.68 Å². The van der Waals surface area contributed by atoms with Crippen LogP contribution in [0.4, 0.5) is 10.2 Å². The Balaban J connectivity index is 2.02. The van der Waals surface area contributed by atoms with E-state index < -0.39 is 0 Å². The number of nitrogens with zero attached hydrogens (tertiary/aromatic N) is 4. The van der Waals surface area contributed by atoms with Crippen LogP contribution in [0.15, 0.2) is 18.5 Å². The van der Waals surface area contributed by atoms with Crippen molar-refractivity contribution in [2.24, 2.45) is 14.1 Å². The summed E-state index contributed by atoms with van der Waals surface area (Å²) in [4.78, 5) is 0. The fraction of sp³-hybridized carbons (Fsp3) is 0.333. The van der Waals surface area contributed by atoms with Crippen molar-refractivity contribution in [3.63, 3.8) is 0 Å². The van der Waals surface area contributed by atoms with Crippen molar-refractivity contribution in [2.45, 2.75) is 6.54 Å². The molecular formula is C9H12FN5. The molecule has 0 radical (unpaired) electrons. The standard InChI is InChI=1S/C9H12FN5/c1-14-4-3-8(13-14)11-5-7-6-12-15(2)9(7)10/h3-4,6H,5H2,1-2H3,(H,11,13). The van der Waals surface area contributed by atoms with Gasteiger partial charge in [-0.3, -0.25) is 4.68 Å². The van der Waals surface area contributed by atoms with Crippen LogP contribution in [0, 0.1) is 5.95 Å². The van der Waals surface area contributed by atoms with E-state index in [-0.39, 0.29) is 5.95 Å². The van der Waals surface area contributed by atoms with E-state index in [2.05, 4.69) is 15.5 Å². The quantitative estimate of drug-likeness (QED) is 0.817. The SMILES string of the molecule is Cn1ccc(NCc2cnn(C)c2F)n1. The Morgan fingerprint density at radius 1 is 1.47 bits per heavy atom. The fourth-order valence-corrected chi connectivity index (χ4v) is 1.28. The van der Waals surface area contributed by atoms with Crippen LogP contribution in [0.5, 0.6) is 0 Å². The molecule has 0 amide bonds.